The number of piperazine rings is 1. The highest BCUT2D eigenvalue weighted by molar-refractivity contribution is 7.89. The van der Waals surface area contributed by atoms with Crippen LogP contribution in [0.15, 0.2) is 83.8 Å². The largest absolute Gasteiger partial charge is 0.496 e. The third kappa shape index (κ3) is 3.66. The van der Waals surface area contributed by atoms with Crippen molar-refractivity contribution < 1.29 is 13.2 Å². The summed E-state index contributed by atoms with van der Waals surface area (Å²) in [6, 6.07) is 24.0. The monoisotopic (exact) mass is 500 g/mol. The van der Waals surface area contributed by atoms with Gasteiger partial charge in [-0.05, 0) is 36.4 Å². The average molecular weight is 501 g/mol. The van der Waals surface area contributed by atoms with E-state index in [9.17, 15) is 8.42 Å². The van der Waals surface area contributed by atoms with Crippen LogP contribution >= 0.6 is 0 Å². The maximum absolute atomic E-state index is 13.1. The highest BCUT2D eigenvalue weighted by Gasteiger charge is 2.30. The first kappa shape index (κ1) is 22.4. The predicted octanol–water partition coefficient (Wildman–Crippen LogP) is 3.46. The Morgan fingerprint density at radius 3 is 2.28 bits per heavy atom. The Balaban J connectivity index is 1.43. The Morgan fingerprint density at radius 1 is 0.806 bits per heavy atom. The lowest BCUT2D eigenvalue weighted by Crippen LogP contribution is -2.49. The summed E-state index contributed by atoms with van der Waals surface area (Å²) in [4.78, 5) is 7.39. The number of aromatic nitrogens is 4. The molecule has 1 fully saturated rings. The van der Waals surface area contributed by atoms with Gasteiger partial charge in [0.1, 0.15) is 5.75 Å². The van der Waals surface area contributed by atoms with Gasteiger partial charge in [0.2, 0.25) is 16.0 Å². The quantitative estimate of drug-likeness (QED) is 0.365. The lowest BCUT2D eigenvalue weighted by atomic mass is 10.2. The molecule has 0 spiro atoms. The van der Waals surface area contributed by atoms with E-state index in [-0.39, 0.29) is 0 Å². The molecule has 2 aromatic heterocycles. The fourth-order valence-corrected chi connectivity index (χ4v) is 6.10. The van der Waals surface area contributed by atoms with Crippen LogP contribution in [0.3, 0.4) is 0 Å². The maximum atomic E-state index is 13.1. The molecule has 5 aromatic rings. The summed E-state index contributed by atoms with van der Waals surface area (Å²) in [5.41, 5.74) is 2.30. The maximum Gasteiger partial charge on any atom is 0.243 e. The van der Waals surface area contributed by atoms with Gasteiger partial charge in [0, 0.05) is 31.6 Å². The topological polar surface area (TPSA) is 92.9 Å². The number of para-hydroxylation sites is 2. The van der Waals surface area contributed by atoms with Crippen molar-refractivity contribution in [1.29, 1.82) is 0 Å². The molecule has 0 N–H and O–H groups in total. The van der Waals surface area contributed by atoms with Crippen LogP contribution in [0.4, 0.5) is 5.95 Å². The summed E-state index contributed by atoms with van der Waals surface area (Å²) in [6.45, 7) is 1.66. The van der Waals surface area contributed by atoms with Crippen molar-refractivity contribution in [3.63, 3.8) is 0 Å². The fourth-order valence-electron chi connectivity index (χ4n) is 4.65. The van der Waals surface area contributed by atoms with Crippen LogP contribution in [0.1, 0.15) is 0 Å². The van der Waals surface area contributed by atoms with E-state index in [1.807, 2.05) is 59.0 Å². The summed E-state index contributed by atoms with van der Waals surface area (Å²) in [5.74, 6) is 1.98. The van der Waals surface area contributed by atoms with Crippen molar-refractivity contribution in [2.75, 3.05) is 38.2 Å². The molecular weight excluding hydrogens is 476 g/mol. The van der Waals surface area contributed by atoms with Crippen LogP contribution < -0.4 is 9.64 Å². The van der Waals surface area contributed by atoms with Crippen molar-refractivity contribution in [3.8, 4) is 17.1 Å². The van der Waals surface area contributed by atoms with E-state index >= 15 is 0 Å². The van der Waals surface area contributed by atoms with Gasteiger partial charge >= 0.3 is 0 Å². The first-order chi connectivity index (χ1) is 17.6. The van der Waals surface area contributed by atoms with Gasteiger partial charge in [-0.15, -0.1) is 10.2 Å². The van der Waals surface area contributed by atoms with Crippen LogP contribution in [-0.4, -0.2) is 65.6 Å². The second kappa shape index (κ2) is 8.89. The zero-order chi connectivity index (χ0) is 24.7. The minimum absolute atomic E-state index is 0.307. The van der Waals surface area contributed by atoms with Gasteiger partial charge in [0.15, 0.2) is 11.5 Å². The van der Waals surface area contributed by atoms with Gasteiger partial charge in [0.05, 0.1) is 23.1 Å². The van der Waals surface area contributed by atoms with Gasteiger partial charge in [-0.25, -0.2) is 17.8 Å². The number of hydrogen-bond acceptors (Lipinski definition) is 7. The van der Waals surface area contributed by atoms with E-state index in [2.05, 4.69) is 15.1 Å². The van der Waals surface area contributed by atoms with Crippen molar-refractivity contribution in [2.24, 2.45) is 0 Å². The number of benzene rings is 3. The fraction of sp³-hybridized carbons (Fsp3) is 0.192. The zero-order valence-electron chi connectivity index (χ0n) is 19.7. The van der Waals surface area contributed by atoms with Crippen molar-refractivity contribution in [1.82, 2.24) is 23.9 Å². The smallest absolute Gasteiger partial charge is 0.243 e. The molecule has 182 valence electrons. The number of fused-ring (bicyclic) bond motifs is 3. The van der Waals surface area contributed by atoms with Gasteiger partial charge in [-0.1, -0.05) is 42.5 Å². The highest BCUT2D eigenvalue weighted by Crippen LogP contribution is 2.33. The molecule has 3 heterocycles. The standard InChI is InChI=1S/C26H24N6O3S/c1-35-23-14-8-6-12-21(23)25-29-28-24-20-11-5-7-13-22(20)27-26(32(24)25)30-15-17-31(18-16-30)36(33,34)19-9-3-2-4-10-19/h2-14H,15-18H2,1H3. The Morgan fingerprint density at radius 2 is 1.50 bits per heavy atom. The Hall–Kier alpha value is -4.02. The van der Waals surface area contributed by atoms with E-state index < -0.39 is 10.0 Å². The number of hydrogen-bond donors (Lipinski definition) is 0. The normalized spacial score (nSPS) is 15.0. The summed E-state index contributed by atoms with van der Waals surface area (Å²) >= 11 is 0. The minimum Gasteiger partial charge on any atom is -0.496 e. The summed E-state index contributed by atoms with van der Waals surface area (Å²) in [6.07, 6.45) is 0. The molecule has 0 saturated carbocycles. The molecule has 1 aliphatic heterocycles. The van der Waals surface area contributed by atoms with E-state index in [1.54, 1.807) is 31.4 Å². The predicted molar refractivity (Wildman–Crippen MR) is 138 cm³/mol. The second-order valence-electron chi connectivity index (χ2n) is 8.52. The number of ether oxygens (including phenoxy) is 1. The van der Waals surface area contributed by atoms with Crippen LogP contribution in [0.5, 0.6) is 5.75 Å². The van der Waals surface area contributed by atoms with Crippen molar-refractivity contribution in [3.05, 3.63) is 78.9 Å². The molecule has 6 rings (SSSR count). The number of nitrogens with zero attached hydrogens (tertiary/aromatic N) is 6. The second-order valence-corrected chi connectivity index (χ2v) is 10.5. The van der Waals surface area contributed by atoms with Crippen LogP contribution in [0.25, 0.3) is 27.9 Å². The molecule has 0 bridgehead atoms. The minimum atomic E-state index is -3.56. The molecule has 0 radical (unpaired) electrons. The number of rotatable bonds is 5. The summed E-state index contributed by atoms with van der Waals surface area (Å²) < 4.78 is 35.4. The first-order valence-electron chi connectivity index (χ1n) is 11.7. The molecule has 0 unspecified atom stereocenters. The van der Waals surface area contributed by atoms with Crippen molar-refractivity contribution in [2.45, 2.75) is 4.90 Å². The van der Waals surface area contributed by atoms with Gasteiger partial charge < -0.3 is 9.64 Å². The third-order valence-corrected chi connectivity index (χ3v) is 8.39. The zero-order valence-corrected chi connectivity index (χ0v) is 20.5. The average Bonchev–Trinajstić information content (AvgIpc) is 3.38. The third-order valence-electron chi connectivity index (χ3n) is 6.48. The molecule has 0 amide bonds. The van der Waals surface area contributed by atoms with Crippen LogP contribution in [-0.2, 0) is 10.0 Å². The molecule has 9 nitrogen and oxygen atoms in total. The molecule has 1 aliphatic rings. The molecule has 3 aromatic carbocycles. The SMILES string of the molecule is COc1ccccc1-c1nnc2c3ccccc3nc(N3CCN(S(=O)(=O)c4ccccc4)CC3)n12. The Kier molecular flexibility index (Phi) is 5.54. The number of methoxy groups -OCH3 is 1. The van der Waals surface area contributed by atoms with Gasteiger partial charge in [-0.3, -0.25) is 0 Å². The van der Waals surface area contributed by atoms with E-state index in [0.29, 0.717) is 54.2 Å². The Labute approximate surface area is 208 Å². The highest BCUT2D eigenvalue weighted by atomic mass is 32.2. The summed E-state index contributed by atoms with van der Waals surface area (Å²) in [5, 5.41) is 9.96. The molecule has 0 aliphatic carbocycles. The van der Waals surface area contributed by atoms with Gasteiger partial charge in [0.25, 0.3) is 0 Å². The Bertz CT molecular complexity index is 1660. The van der Waals surface area contributed by atoms with E-state index in [0.717, 1.165) is 16.5 Å². The van der Waals surface area contributed by atoms with E-state index in [4.69, 9.17) is 9.72 Å². The lowest BCUT2D eigenvalue weighted by molar-refractivity contribution is 0.382. The molecule has 0 atom stereocenters. The van der Waals surface area contributed by atoms with Crippen LogP contribution in [0.2, 0.25) is 0 Å². The molecular formula is C26H24N6O3S. The van der Waals surface area contributed by atoms with Crippen LogP contribution in [0, 0.1) is 0 Å². The number of anilines is 1. The lowest BCUT2D eigenvalue weighted by Gasteiger charge is -2.35. The molecule has 36 heavy (non-hydrogen) atoms. The van der Waals surface area contributed by atoms with Crippen molar-refractivity contribution >= 4 is 32.5 Å². The molecule has 10 heteroatoms. The van der Waals surface area contributed by atoms with Gasteiger partial charge in [-0.2, -0.15) is 4.31 Å². The first-order valence-corrected chi connectivity index (χ1v) is 13.1. The summed E-state index contributed by atoms with van der Waals surface area (Å²) in [7, 11) is -1.93. The van der Waals surface area contributed by atoms with E-state index in [1.165, 1.54) is 4.31 Å². The molecule has 1 saturated heterocycles. The number of sulfonamides is 1.